The average molecular weight is 170 g/mol. The van der Waals surface area contributed by atoms with E-state index in [0.29, 0.717) is 12.8 Å². The van der Waals surface area contributed by atoms with Crippen molar-refractivity contribution in [2.45, 2.75) is 33.1 Å². The number of carbonyl (C=O) groups excluding carboxylic acids is 3. The molecule has 0 aliphatic rings. The molecule has 0 aliphatic heterocycles. The normalized spacial score (nSPS) is 12.2. The summed E-state index contributed by atoms with van der Waals surface area (Å²) < 4.78 is 0. The van der Waals surface area contributed by atoms with Gasteiger partial charge in [-0.2, -0.15) is 0 Å². The van der Waals surface area contributed by atoms with Crippen LogP contribution in [0.2, 0.25) is 0 Å². The Kier molecular flexibility index (Phi) is 5.17. The number of ketones is 2. The van der Waals surface area contributed by atoms with Crippen molar-refractivity contribution in [1.82, 2.24) is 0 Å². The van der Waals surface area contributed by atoms with Gasteiger partial charge in [0.25, 0.3) is 0 Å². The minimum Gasteiger partial charge on any atom is -0.303 e. The van der Waals surface area contributed by atoms with Gasteiger partial charge in [-0.1, -0.05) is 0 Å². The fourth-order valence-corrected chi connectivity index (χ4v) is 0.981. The number of rotatable bonds is 6. The summed E-state index contributed by atoms with van der Waals surface area (Å²) in [6, 6.07) is 0. The van der Waals surface area contributed by atoms with Crippen LogP contribution in [0.15, 0.2) is 0 Å². The Bertz CT molecular complexity index is 184. The number of carbonyl (C=O) groups is 3. The third-order valence-corrected chi connectivity index (χ3v) is 1.80. The maximum absolute atomic E-state index is 10.9. The van der Waals surface area contributed by atoms with E-state index in [9.17, 15) is 14.4 Å². The van der Waals surface area contributed by atoms with Crippen molar-refractivity contribution < 1.29 is 14.4 Å². The Morgan fingerprint density at radius 3 is 2.25 bits per heavy atom. The van der Waals surface area contributed by atoms with Gasteiger partial charge in [-0.05, 0) is 20.3 Å². The molecule has 0 saturated carbocycles. The number of hydrogen-bond acceptors (Lipinski definition) is 3. The Hall–Kier alpha value is -0.990. The topological polar surface area (TPSA) is 51.2 Å². The summed E-state index contributed by atoms with van der Waals surface area (Å²) in [6.07, 6.45) is 1.86. The lowest BCUT2D eigenvalue weighted by Crippen LogP contribution is -2.12. The zero-order valence-corrected chi connectivity index (χ0v) is 7.50. The highest BCUT2D eigenvalue weighted by molar-refractivity contribution is 5.82. The van der Waals surface area contributed by atoms with Crippen molar-refractivity contribution in [1.29, 1.82) is 0 Å². The van der Waals surface area contributed by atoms with E-state index >= 15 is 0 Å². The predicted molar refractivity (Wildman–Crippen MR) is 44.8 cm³/mol. The van der Waals surface area contributed by atoms with E-state index in [1.165, 1.54) is 13.8 Å². The molecule has 0 amide bonds. The Morgan fingerprint density at radius 2 is 1.92 bits per heavy atom. The molecule has 3 nitrogen and oxygen atoms in total. The van der Waals surface area contributed by atoms with Crippen molar-refractivity contribution in [3.63, 3.8) is 0 Å². The van der Waals surface area contributed by atoms with Crippen molar-refractivity contribution >= 4 is 17.9 Å². The molecule has 0 bridgehead atoms. The van der Waals surface area contributed by atoms with E-state index in [1.807, 2.05) is 0 Å². The van der Waals surface area contributed by atoms with Gasteiger partial charge < -0.3 is 9.59 Å². The molecule has 3 heteroatoms. The van der Waals surface area contributed by atoms with E-state index in [4.69, 9.17) is 0 Å². The molecule has 0 fully saturated rings. The minimum absolute atomic E-state index is 0.0108. The van der Waals surface area contributed by atoms with Gasteiger partial charge in [0, 0.05) is 18.8 Å². The first kappa shape index (κ1) is 11.0. The fourth-order valence-electron chi connectivity index (χ4n) is 0.981. The molecule has 0 aromatic heterocycles. The van der Waals surface area contributed by atoms with E-state index < -0.39 is 0 Å². The second-order valence-corrected chi connectivity index (χ2v) is 2.95. The maximum atomic E-state index is 10.9. The third-order valence-electron chi connectivity index (χ3n) is 1.80. The van der Waals surface area contributed by atoms with Crippen LogP contribution in [-0.2, 0) is 14.4 Å². The quantitative estimate of drug-likeness (QED) is 0.562. The highest BCUT2D eigenvalue weighted by Crippen LogP contribution is 2.11. The zero-order chi connectivity index (χ0) is 9.56. The van der Waals surface area contributed by atoms with E-state index in [0.717, 1.165) is 6.29 Å². The van der Waals surface area contributed by atoms with Gasteiger partial charge in [0.2, 0.25) is 0 Å². The molecule has 1 atom stereocenters. The van der Waals surface area contributed by atoms with Gasteiger partial charge in [-0.25, -0.2) is 0 Å². The molecule has 68 valence electrons. The van der Waals surface area contributed by atoms with Crippen molar-refractivity contribution in [3.05, 3.63) is 0 Å². The van der Waals surface area contributed by atoms with Crippen LogP contribution in [0.4, 0.5) is 0 Å². The molecule has 0 rings (SSSR count). The van der Waals surface area contributed by atoms with Gasteiger partial charge >= 0.3 is 0 Å². The highest BCUT2D eigenvalue weighted by atomic mass is 16.1. The first-order chi connectivity index (χ1) is 5.57. The summed E-state index contributed by atoms with van der Waals surface area (Å²) in [7, 11) is 0. The highest BCUT2D eigenvalue weighted by Gasteiger charge is 2.13. The second kappa shape index (κ2) is 5.63. The molecule has 0 radical (unpaired) electrons. The second-order valence-electron chi connectivity index (χ2n) is 2.95. The predicted octanol–water partition coefficient (Wildman–Crippen LogP) is 1.15. The number of aldehydes is 1. The van der Waals surface area contributed by atoms with Crippen LogP contribution in [0, 0.1) is 5.92 Å². The van der Waals surface area contributed by atoms with Crippen molar-refractivity contribution in [2.75, 3.05) is 0 Å². The molecule has 0 aromatic rings. The summed E-state index contributed by atoms with van der Waals surface area (Å²) >= 11 is 0. The van der Waals surface area contributed by atoms with Crippen LogP contribution in [0.5, 0.6) is 0 Å². The van der Waals surface area contributed by atoms with Crippen molar-refractivity contribution in [3.8, 4) is 0 Å². The molecular weight excluding hydrogens is 156 g/mol. The third kappa shape index (κ3) is 4.77. The standard InChI is InChI=1S/C9H14O3/c1-7(11)3-4-9(5-6-10)8(2)12/h6,9H,3-5H2,1-2H3/t9-/m1/s1. The SMILES string of the molecule is CC(=O)CC[C@H](CC=O)C(C)=O. The average Bonchev–Trinajstić information content (AvgIpc) is 1.96. The summed E-state index contributed by atoms with van der Waals surface area (Å²) in [5.41, 5.74) is 0. The molecular formula is C9H14O3. The molecule has 0 aromatic carbocycles. The minimum atomic E-state index is -0.258. The lowest BCUT2D eigenvalue weighted by atomic mass is 9.95. The van der Waals surface area contributed by atoms with E-state index in [2.05, 4.69) is 0 Å². The number of hydrogen-bond donors (Lipinski definition) is 0. The smallest absolute Gasteiger partial charge is 0.133 e. The Morgan fingerprint density at radius 1 is 1.33 bits per heavy atom. The maximum Gasteiger partial charge on any atom is 0.133 e. The van der Waals surface area contributed by atoms with Gasteiger partial charge in [0.15, 0.2) is 0 Å². The molecule has 0 spiro atoms. The van der Waals surface area contributed by atoms with Crippen LogP contribution in [0.1, 0.15) is 33.1 Å². The van der Waals surface area contributed by atoms with Crippen LogP contribution in [0.25, 0.3) is 0 Å². The molecule has 0 N–H and O–H groups in total. The fraction of sp³-hybridized carbons (Fsp3) is 0.667. The monoisotopic (exact) mass is 170 g/mol. The summed E-state index contributed by atoms with van der Waals surface area (Å²) in [4.78, 5) is 31.6. The zero-order valence-electron chi connectivity index (χ0n) is 7.50. The first-order valence-corrected chi connectivity index (χ1v) is 4.01. The molecule has 0 heterocycles. The van der Waals surface area contributed by atoms with E-state index in [-0.39, 0.29) is 23.9 Å². The molecule has 12 heavy (non-hydrogen) atoms. The lowest BCUT2D eigenvalue weighted by molar-refractivity contribution is -0.124. The van der Waals surface area contributed by atoms with Gasteiger partial charge in [-0.15, -0.1) is 0 Å². The van der Waals surface area contributed by atoms with Gasteiger partial charge in [-0.3, -0.25) is 4.79 Å². The van der Waals surface area contributed by atoms with Crippen LogP contribution < -0.4 is 0 Å². The molecule has 0 saturated heterocycles. The van der Waals surface area contributed by atoms with Crippen LogP contribution in [0.3, 0.4) is 0 Å². The van der Waals surface area contributed by atoms with Gasteiger partial charge in [0.05, 0.1) is 0 Å². The van der Waals surface area contributed by atoms with E-state index in [1.54, 1.807) is 0 Å². The molecule has 0 aliphatic carbocycles. The lowest BCUT2D eigenvalue weighted by Gasteiger charge is -2.07. The van der Waals surface area contributed by atoms with Crippen molar-refractivity contribution in [2.24, 2.45) is 5.92 Å². The largest absolute Gasteiger partial charge is 0.303 e. The number of Topliss-reactive ketones (excluding diaryl/α,β-unsaturated/α-hetero) is 2. The molecule has 0 unspecified atom stereocenters. The van der Waals surface area contributed by atoms with Crippen LogP contribution in [-0.4, -0.2) is 17.9 Å². The summed E-state index contributed by atoms with van der Waals surface area (Å²) in [5, 5.41) is 0. The van der Waals surface area contributed by atoms with Gasteiger partial charge in [0.1, 0.15) is 17.9 Å². The summed E-state index contributed by atoms with van der Waals surface area (Å²) in [5.74, 6) is -0.207. The Balaban J connectivity index is 3.86. The van der Waals surface area contributed by atoms with Crippen LogP contribution >= 0.6 is 0 Å². The summed E-state index contributed by atoms with van der Waals surface area (Å²) in [6.45, 7) is 2.94. The Labute approximate surface area is 72.1 Å². The first-order valence-electron chi connectivity index (χ1n) is 4.01.